The van der Waals surface area contributed by atoms with Gasteiger partial charge in [-0.05, 0) is 63.1 Å². The van der Waals surface area contributed by atoms with Gasteiger partial charge in [0.1, 0.15) is 0 Å². The molecule has 136 valence electrons. The van der Waals surface area contributed by atoms with Crippen LogP contribution in [0, 0.1) is 13.8 Å². The molecule has 2 fully saturated rings. The Hall–Kier alpha value is -2.04. The van der Waals surface area contributed by atoms with E-state index in [2.05, 4.69) is 11.4 Å². The Morgan fingerprint density at radius 3 is 2.80 bits per heavy atom. The van der Waals surface area contributed by atoms with E-state index in [0.717, 1.165) is 68.6 Å². The summed E-state index contributed by atoms with van der Waals surface area (Å²) in [5.41, 5.74) is 3.11. The first-order chi connectivity index (χ1) is 12.0. The van der Waals surface area contributed by atoms with Crippen molar-refractivity contribution in [3.8, 4) is 0 Å². The van der Waals surface area contributed by atoms with Crippen molar-refractivity contribution in [1.82, 2.24) is 9.80 Å². The largest absolute Gasteiger partial charge is 0.343 e. The molecule has 2 heterocycles. The molecule has 2 aliphatic heterocycles. The Morgan fingerprint density at radius 1 is 1.20 bits per heavy atom. The molecule has 2 saturated heterocycles. The Morgan fingerprint density at radius 2 is 2.04 bits per heavy atom. The number of carbonyl (C=O) groups excluding carboxylic acids is 2. The lowest BCUT2D eigenvalue weighted by molar-refractivity contribution is -0.127. The van der Waals surface area contributed by atoms with Crippen molar-refractivity contribution in [2.24, 2.45) is 0 Å². The monoisotopic (exact) mass is 343 g/mol. The van der Waals surface area contributed by atoms with Crippen LogP contribution >= 0.6 is 0 Å². The maximum absolute atomic E-state index is 12.8. The van der Waals surface area contributed by atoms with Gasteiger partial charge in [0.2, 0.25) is 5.91 Å². The van der Waals surface area contributed by atoms with Crippen LogP contribution in [0.25, 0.3) is 0 Å². The van der Waals surface area contributed by atoms with Gasteiger partial charge in [0.15, 0.2) is 0 Å². The lowest BCUT2D eigenvalue weighted by Gasteiger charge is -2.36. The van der Waals surface area contributed by atoms with Crippen LogP contribution in [0.5, 0.6) is 0 Å². The van der Waals surface area contributed by atoms with Crippen molar-refractivity contribution in [2.45, 2.75) is 58.4 Å². The Kier molecular flexibility index (Phi) is 5.61. The van der Waals surface area contributed by atoms with E-state index >= 15 is 0 Å². The molecule has 1 N–H and O–H groups in total. The Labute approximate surface area is 150 Å². The van der Waals surface area contributed by atoms with Gasteiger partial charge in [0.05, 0.1) is 0 Å². The second-order valence-corrected chi connectivity index (χ2v) is 7.36. The first-order valence-corrected chi connectivity index (χ1v) is 9.47. The highest BCUT2D eigenvalue weighted by atomic mass is 16.2. The van der Waals surface area contributed by atoms with Crippen LogP contribution in [0.4, 0.5) is 10.5 Å². The molecule has 0 radical (unpaired) electrons. The van der Waals surface area contributed by atoms with E-state index in [4.69, 9.17) is 0 Å². The summed E-state index contributed by atoms with van der Waals surface area (Å²) in [5, 5.41) is 3.09. The number of hydrogen-bond donors (Lipinski definition) is 1. The summed E-state index contributed by atoms with van der Waals surface area (Å²) in [6, 6.07) is 6.34. The van der Waals surface area contributed by atoms with Crippen LogP contribution in [0.1, 0.15) is 49.7 Å². The molecule has 0 aromatic heterocycles. The van der Waals surface area contributed by atoms with E-state index in [-0.39, 0.29) is 18.0 Å². The fourth-order valence-corrected chi connectivity index (χ4v) is 3.87. The second kappa shape index (κ2) is 7.89. The van der Waals surface area contributed by atoms with Gasteiger partial charge in [0, 0.05) is 37.8 Å². The van der Waals surface area contributed by atoms with E-state index in [1.807, 2.05) is 35.8 Å². The molecule has 0 aliphatic carbocycles. The average Bonchev–Trinajstić information content (AvgIpc) is 3.01. The molecule has 3 amide bonds. The van der Waals surface area contributed by atoms with E-state index in [1.165, 1.54) is 0 Å². The number of amides is 3. The predicted octanol–water partition coefficient (Wildman–Crippen LogP) is 3.70. The van der Waals surface area contributed by atoms with Crippen LogP contribution in [0.3, 0.4) is 0 Å². The summed E-state index contributed by atoms with van der Waals surface area (Å²) in [7, 11) is 0. The molecule has 0 unspecified atom stereocenters. The first kappa shape index (κ1) is 17.8. The number of benzene rings is 1. The molecular formula is C20H29N3O2. The number of nitrogens with zero attached hydrogens (tertiary/aromatic N) is 2. The quantitative estimate of drug-likeness (QED) is 0.906. The summed E-state index contributed by atoms with van der Waals surface area (Å²) < 4.78 is 0. The van der Waals surface area contributed by atoms with Crippen LogP contribution in [-0.2, 0) is 4.79 Å². The number of piperidine rings is 1. The highest BCUT2D eigenvalue weighted by Crippen LogP contribution is 2.23. The maximum atomic E-state index is 12.8. The Balaban J connectivity index is 1.62. The zero-order valence-corrected chi connectivity index (χ0v) is 15.4. The number of anilines is 1. The third-order valence-corrected chi connectivity index (χ3v) is 5.43. The van der Waals surface area contributed by atoms with Crippen LogP contribution in [0.2, 0.25) is 0 Å². The van der Waals surface area contributed by atoms with Gasteiger partial charge in [-0.25, -0.2) is 4.79 Å². The van der Waals surface area contributed by atoms with Gasteiger partial charge in [-0.1, -0.05) is 12.1 Å². The minimum Gasteiger partial charge on any atom is -0.343 e. The lowest BCUT2D eigenvalue weighted by atomic mass is 9.99. The molecule has 0 spiro atoms. The summed E-state index contributed by atoms with van der Waals surface area (Å²) >= 11 is 0. The second-order valence-electron chi connectivity index (χ2n) is 7.36. The van der Waals surface area contributed by atoms with Gasteiger partial charge >= 0.3 is 6.03 Å². The molecule has 2 aliphatic rings. The van der Waals surface area contributed by atoms with Crippen molar-refractivity contribution < 1.29 is 9.59 Å². The maximum Gasteiger partial charge on any atom is 0.322 e. The predicted molar refractivity (Wildman–Crippen MR) is 99.7 cm³/mol. The smallest absolute Gasteiger partial charge is 0.322 e. The summed E-state index contributed by atoms with van der Waals surface area (Å²) in [4.78, 5) is 28.6. The Bertz CT molecular complexity index is 644. The average molecular weight is 343 g/mol. The molecule has 3 rings (SSSR count). The molecule has 5 nitrogen and oxygen atoms in total. The zero-order chi connectivity index (χ0) is 17.8. The third kappa shape index (κ3) is 4.33. The molecule has 0 saturated carbocycles. The van der Waals surface area contributed by atoms with Crippen molar-refractivity contribution in [3.63, 3.8) is 0 Å². The number of aryl methyl sites for hydroxylation is 2. The summed E-state index contributed by atoms with van der Waals surface area (Å²) in [5.74, 6) is 0.266. The number of nitrogens with one attached hydrogen (secondary N) is 1. The third-order valence-electron chi connectivity index (χ3n) is 5.43. The van der Waals surface area contributed by atoms with E-state index in [1.54, 1.807) is 0 Å². The standard InChI is InChI=1S/C20H29N3O2/c1-15-8-9-16(2)18(14-15)21-20(25)23-12-4-3-6-17(23)10-13-22-11-5-7-19(22)24/h8-9,14,17H,3-7,10-13H2,1-2H3,(H,21,25)/t17-/m1/s1. The fourth-order valence-electron chi connectivity index (χ4n) is 3.87. The molecular weight excluding hydrogens is 314 g/mol. The first-order valence-electron chi connectivity index (χ1n) is 9.47. The van der Waals surface area contributed by atoms with Gasteiger partial charge in [-0.15, -0.1) is 0 Å². The van der Waals surface area contributed by atoms with Gasteiger partial charge in [-0.3, -0.25) is 4.79 Å². The van der Waals surface area contributed by atoms with E-state index < -0.39 is 0 Å². The number of carbonyl (C=O) groups is 2. The molecule has 1 atom stereocenters. The van der Waals surface area contributed by atoms with Gasteiger partial charge in [0.25, 0.3) is 0 Å². The van der Waals surface area contributed by atoms with E-state index in [0.29, 0.717) is 6.42 Å². The van der Waals surface area contributed by atoms with Crippen LogP contribution < -0.4 is 5.32 Å². The minimum atomic E-state index is -0.00820. The number of hydrogen-bond acceptors (Lipinski definition) is 2. The van der Waals surface area contributed by atoms with Crippen molar-refractivity contribution in [1.29, 1.82) is 0 Å². The van der Waals surface area contributed by atoms with Crippen molar-refractivity contribution in [3.05, 3.63) is 29.3 Å². The number of likely N-dealkylation sites (tertiary alicyclic amines) is 2. The fraction of sp³-hybridized carbons (Fsp3) is 0.600. The number of rotatable bonds is 4. The normalized spacial score (nSPS) is 20.9. The molecule has 25 heavy (non-hydrogen) atoms. The van der Waals surface area contributed by atoms with Crippen LogP contribution in [-0.4, -0.2) is 47.4 Å². The van der Waals surface area contributed by atoms with E-state index in [9.17, 15) is 9.59 Å². The summed E-state index contributed by atoms with van der Waals surface area (Å²) in [6.07, 6.45) is 5.78. The van der Waals surface area contributed by atoms with Crippen molar-refractivity contribution in [2.75, 3.05) is 25.0 Å². The molecule has 1 aromatic carbocycles. The summed E-state index contributed by atoms with van der Waals surface area (Å²) in [6.45, 7) is 6.50. The topological polar surface area (TPSA) is 52.7 Å². The van der Waals surface area contributed by atoms with Crippen molar-refractivity contribution >= 4 is 17.6 Å². The SMILES string of the molecule is Cc1ccc(C)c(NC(=O)N2CCCC[C@@H]2CCN2CCCC2=O)c1. The number of urea groups is 1. The van der Waals surface area contributed by atoms with Gasteiger partial charge in [-0.2, -0.15) is 0 Å². The van der Waals surface area contributed by atoms with Gasteiger partial charge < -0.3 is 15.1 Å². The van der Waals surface area contributed by atoms with Crippen LogP contribution in [0.15, 0.2) is 18.2 Å². The molecule has 0 bridgehead atoms. The highest BCUT2D eigenvalue weighted by molar-refractivity contribution is 5.90. The molecule has 5 heteroatoms. The minimum absolute atomic E-state index is 0.00820. The lowest BCUT2D eigenvalue weighted by Crippen LogP contribution is -2.47. The molecule has 1 aromatic rings. The zero-order valence-electron chi connectivity index (χ0n) is 15.4. The highest BCUT2D eigenvalue weighted by Gasteiger charge is 2.28.